The maximum absolute atomic E-state index is 3.19. The predicted molar refractivity (Wildman–Crippen MR) is 61.6 cm³/mol. The number of nitrogens with one attached hydrogen (secondary N) is 1. The molecule has 1 N–H and O–H groups in total. The van der Waals surface area contributed by atoms with Gasteiger partial charge in [0, 0.05) is 18.0 Å². The molecule has 0 atom stereocenters. The Labute approximate surface area is 89.9 Å². The largest absolute Gasteiger partial charge is 0.315 e. The lowest BCUT2D eigenvalue weighted by Crippen LogP contribution is -2.17. The quantitative estimate of drug-likeness (QED) is 0.818. The van der Waals surface area contributed by atoms with E-state index in [0.29, 0.717) is 0 Å². The summed E-state index contributed by atoms with van der Waals surface area (Å²) in [6.45, 7) is 4.74. The van der Waals surface area contributed by atoms with Crippen molar-refractivity contribution < 1.29 is 0 Å². The standard InChI is InChI=1S/C11H18N2S/c1-12-7-11-6-10(9-14-11)8-13-4-2-3-5-13/h6,9,12H,2-5,7-8H2,1H3. The van der Waals surface area contributed by atoms with Crippen LogP contribution in [0.1, 0.15) is 23.3 Å². The minimum atomic E-state index is 1.00. The van der Waals surface area contributed by atoms with Gasteiger partial charge in [-0.05, 0) is 50.0 Å². The molecule has 0 aliphatic carbocycles. The second-order valence-corrected chi connectivity index (χ2v) is 4.93. The van der Waals surface area contributed by atoms with E-state index in [-0.39, 0.29) is 0 Å². The SMILES string of the molecule is CNCc1cc(CN2CCCC2)cs1. The molecular formula is C11H18N2S. The highest BCUT2D eigenvalue weighted by molar-refractivity contribution is 7.10. The van der Waals surface area contributed by atoms with Gasteiger partial charge in [0.2, 0.25) is 0 Å². The first-order valence-electron chi connectivity index (χ1n) is 5.32. The van der Waals surface area contributed by atoms with E-state index >= 15 is 0 Å². The lowest BCUT2D eigenvalue weighted by atomic mass is 10.3. The van der Waals surface area contributed by atoms with Crippen molar-refractivity contribution in [1.82, 2.24) is 10.2 Å². The Kier molecular flexibility index (Phi) is 3.56. The van der Waals surface area contributed by atoms with E-state index in [4.69, 9.17) is 0 Å². The average Bonchev–Trinajstić information content (AvgIpc) is 2.79. The third-order valence-electron chi connectivity index (χ3n) is 2.66. The molecule has 3 heteroatoms. The van der Waals surface area contributed by atoms with Crippen molar-refractivity contribution in [3.8, 4) is 0 Å². The van der Waals surface area contributed by atoms with Crippen LogP contribution in [0.4, 0.5) is 0 Å². The van der Waals surface area contributed by atoms with E-state index in [1.165, 1.54) is 36.4 Å². The Hall–Kier alpha value is -0.380. The van der Waals surface area contributed by atoms with Gasteiger partial charge >= 0.3 is 0 Å². The molecule has 0 spiro atoms. The van der Waals surface area contributed by atoms with Crippen molar-refractivity contribution in [2.75, 3.05) is 20.1 Å². The molecule has 1 aromatic rings. The molecule has 2 nitrogen and oxygen atoms in total. The number of hydrogen-bond acceptors (Lipinski definition) is 3. The Morgan fingerprint density at radius 2 is 2.21 bits per heavy atom. The molecule has 1 aliphatic rings. The lowest BCUT2D eigenvalue weighted by Gasteiger charge is -2.12. The maximum atomic E-state index is 3.19. The van der Waals surface area contributed by atoms with Crippen LogP contribution in [-0.2, 0) is 13.1 Å². The second kappa shape index (κ2) is 4.91. The summed E-state index contributed by atoms with van der Waals surface area (Å²) in [7, 11) is 2.00. The van der Waals surface area contributed by atoms with Gasteiger partial charge in [-0.25, -0.2) is 0 Å². The summed E-state index contributed by atoms with van der Waals surface area (Å²) in [6, 6.07) is 2.33. The van der Waals surface area contributed by atoms with Crippen LogP contribution in [0, 0.1) is 0 Å². The van der Waals surface area contributed by atoms with Gasteiger partial charge in [0.15, 0.2) is 0 Å². The predicted octanol–water partition coefficient (Wildman–Crippen LogP) is 2.06. The van der Waals surface area contributed by atoms with Gasteiger partial charge in [0.05, 0.1) is 0 Å². The molecule has 1 fully saturated rings. The minimum absolute atomic E-state index is 1.00. The van der Waals surface area contributed by atoms with E-state index in [2.05, 4.69) is 21.7 Å². The maximum Gasteiger partial charge on any atom is 0.0296 e. The Bertz CT molecular complexity index is 277. The van der Waals surface area contributed by atoms with Gasteiger partial charge in [-0.2, -0.15) is 0 Å². The summed E-state index contributed by atoms with van der Waals surface area (Å²) in [6.07, 6.45) is 2.76. The van der Waals surface area contributed by atoms with Gasteiger partial charge in [-0.3, -0.25) is 4.90 Å². The Morgan fingerprint density at radius 3 is 2.93 bits per heavy atom. The van der Waals surface area contributed by atoms with Crippen molar-refractivity contribution in [2.24, 2.45) is 0 Å². The topological polar surface area (TPSA) is 15.3 Å². The van der Waals surface area contributed by atoms with Crippen LogP contribution in [0.2, 0.25) is 0 Å². The van der Waals surface area contributed by atoms with Gasteiger partial charge < -0.3 is 5.32 Å². The van der Waals surface area contributed by atoms with Crippen molar-refractivity contribution in [3.05, 3.63) is 21.9 Å². The van der Waals surface area contributed by atoms with Crippen molar-refractivity contribution in [1.29, 1.82) is 0 Å². The molecule has 0 unspecified atom stereocenters. The molecule has 1 aliphatic heterocycles. The zero-order chi connectivity index (χ0) is 9.80. The summed E-state index contributed by atoms with van der Waals surface area (Å²) >= 11 is 1.87. The zero-order valence-electron chi connectivity index (χ0n) is 8.75. The highest BCUT2D eigenvalue weighted by atomic mass is 32.1. The Morgan fingerprint density at radius 1 is 1.43 bits per heavy atom. The van der Waals surface area contributed by atoms with Crippen LogP contribution in [0.25, 0.3) is 0 Å². The number of thiophene rings is 1. The van der Waals surface area contributed by atoms with Gasteiger partial charge in [-0.1, -0.05) is 0 Å². The molecule has 2 heterocycles. The first kappa shape index (κ1) is 10.1. The normalized spacial score (nSPS) is 17.8. The summed E-state index contributed by atoms with van der Waals surface area (Å²) in [5, 5.41) is 5.48. The fourth-order valence-electron chi connectivity index (χ4n) is 1.97. The van der Waals surface area contributed by atoms with E-state index in [1.54, 1.807) is 0 Å². The van der Waals surface area contributed by atoms with Gasteiger partial charge in [0.1, 0.15) is 0 Å². The third kappa shape index (κ3) is 2.56. The second-order valence-electron chi connectivity index (χ2n) is 3.93. The summed E-state index contributed by atoms with van der Waals surface area (Å²) in [5.74, 6) is 0. The van der Waals surface area contributed by atoms with E-state index in [1.807, 2.05) is 18.4 Å². The van der Waals surface area contributed by atoms with Crippen molar-refractivity contribution in [3.63, 3.8) is 0 Å². The number of rotatable bonds is 4. The molecule has 0 radical (unpaired) electrons. The third-order valence-corrected chi connectivity index (χ3v) is 3.65. The van der Waals surface area contributed by atoms with Crippen LogP contribution < -0.4 is 5.32 Å². The monoisotopic (exact) mass is 210 g/mol. The highest BCUT2D eigenvalue weighted by Gasteiger charge is 2.12. The molecule has 78 valence electrons. The summed E-state index contributed by atoms with van der Waals surface area (Å²) < 4.78 is 0. The smallest absolute Gasteiger partial charge is 0.0296 e. The van der Waals surface area contributed by atoms with Crippen LogP contribution >= 0.6 is 11.3 Å². The molecule has 0 bridgehead atoms. The van der Waals surface area contributed by atoms with E-state index < -0.39 is 0 Å². The number of likely N-dealkylation sites (tertiary alicyclic amines) is 1. The highest BCUT2D eigenvalue weighted by Crippen LogP contribution is 2.18. The molecule has 0 amide bonds. The fraction of sp³-hybridized carbons (Fsp3) is 0.636. The number of nitrogens with zero attached hydrogens (tertiary/aromatic N) is 1. The molecule has 14 heavy (non-hydrogen) atoms. The first-order valence-corrected chi connectivity index (χ1v) is 6.19. The van der Waals surface area contributed by atoms with Crippen LogP contribution in [0.3, 0.4) is 0 Å². The molecule has 0 aromatic carbocycles. The van der Waals surface area contributed by atoms with Crippen LogP contribution in [0.5, 0.6) is 0 Å². The molecule has 1 saturated heterocycles. The first-order chi connectivity index (χ1) is 6.88. The van der Waals surface area contributed by atoms with Gasteiger partial charge in [0.25, 0.3) is 0 Å². The van der Waals surface area contributed by atoms with E-state index in [9.17, 15) is 0 Å². The lowest BCUT2D eigenvalue weighted by molar-refractivity contribution is 0.332. The van der Waals surface area contributed by atoms with Gasteiger partial charge in [-0.15, -0.1) is 11.3 Å². The average molecular weight is 210 g/mol. The molecule has 0 saturated carbocycles. The zero-order valence-corrected chi connectivity index (χ0v) is 9.57. The molecular weight excluding hydrogens is 192 g/mol. The summed E-state index contributed by atoms with van der Waals surface area (Å²) in [5.41, 5.74) is 1.49. The van der Waals surface area contributed by atoms with Crippen LogP contribution in [-0.4, -0.2) is 25.0 Å². The fourth-order valence-corrected chi connectivity index (χ4v) is 2.87. The summed E-state index contributed by atoms with van der Waals surface area (Å²) in [4.78, 5) is 3.99. The van der Waals surface area contributed by atoms with Crippen molar-refractivity contribution in [2.45, 2.75) is 25.9 Å². The molecule has 2 rings (SSSR count). The minimum Gasteiger partial charge on any atom is -0.315 e. The molecule has 1 aromatic heterocycles. The Balaban J connectivity index is 1.88. The number of hydrogen-bond donors (Lipinski definition) is 1. The van der Waals surface area contributed by atoms with Crippen LogP contribution in [0.15, 0.2) is 11.4 Å². The van der Waals surface area contributed by atoms with Crippen molar-refractivity contribution >= 4 is 11.3 Å². The van der Waals surface area contributed by atoms with E-state index in [0.717, 1.165) is 13.1 Å².